The van der Waals surface area contributed by atoms with Crippen molar-refractivity contribution in [2.75, 3.05) is 6.61 Å². The largest absolute Gasteiger partial charge is 0.493 e. The molecule has 0 fully saturated rings. The van der Waals surface area contributed by atoms with Crippen molar-refractivity contribution in [2.45, 2.75) is 13.5 Å². The zero-order valence-corrected chi connectivity index (χ0v) is 9.27. The van der Waals surface area contributed by atoms with E-state index in [0.29, 0.717) is 13.2 Å². The van der Waals surface area contributed by atoms with Crippen LogP contribution in [0.3, 0.4) is 0 Å². The van der Waals surface area contributed by atoms with Crippen LogP contribution in [-0.2, 0) is 6.54 Å². The second kappa shape index (κ2) is 4.86. The van der Waals surface area contributed by atoms with Gasteiger partial charge in [0, 0.05) is 0 Å². The van der Waals surface area contributed by atoms with Crippen LogP contribution < -0.4 is 10.5 Å². The molecule has 2 N–H and O–H groups in total. The van der Waals surface area contributed by atoms with Gasteiger partial charge < -0.3 is 14.9 Å². The van der Waals surface area contributed by atoms with Gasteiger partial charge in [0.2, 0.25) is 0 Å². The fourth-order valence-corrected chi connectivity index (χ4v) is 1.58. The maximum atomic E-state index is 5.60. The van der Waals surface area contributed by atoms with E-state index < -0.39 is 0 Å². The Hall–Kier alpha value is -1.74. The number of benzene rings is 1. The van der Waals surface area contributed by atoms with Gasteiger partial charge >= 0.3 is 0 Å². The van der Waals surface area contributed by atoms with Crippen LogP contribution in [0.5, 0.6) is 5.75 Å². The summed E-state index contributed by atoms with van der Waals surface area (Å²) < 4.78 is 11.1. The summed E-state index contributed by atoms with van der Waals surface area (Å²) in [5.41, 5.74) is 6.48. The molecular formula is C13H15NO2. The maximum absolute atomic E-state index is 5.60. The first-order valence-corrected chi connectivity index (χ1v) is 5.36. The van der Waals surface area contributed by atoms with Gasteiger partial charge in [-0.2, -0.15) is 0 Å². The minimum atomic E-state index is 0.413. The molecule has 0 aliphatic rings. The van der Waals surface area contributed by atoms with Gasteiger partial charge in [0.25, 0.3) is 0 Å². The third-order valence-corrected chi connectivity index (χ3v) is 2.32. The van der Waals surface area contributed by atoms with E-state index in [-0.39, 0.29) is 0 Å². The van der Waals surface area contributed by atoms with E-state index in [4.69, 9.17) is 14.9 Å². The highest BCUT2D eigenvalue weighted by Crippen LogP contribution is 2.30. The molecule has 3 nitrogen and oxygen atoms in total. The van der Waals surface area contributed by atoms with E-state index >= 15 is 0 Å². The number of para-hydroxylation sites is 1. The first kappa shape index (κ1) is 10.8. The van der Waals surface area contributed by atoms with Gasteiger partial charge in [-0.1, -0.05) is 12.1 Å². The van der Waals surface area contributed by atoms with Crippen molar-refractivity contribution >= 4 is 0 Å². The number of furan rings is 1. The lowest BCUT2D eigenvalue weighted by Crippen LogP contribution is -1.94. The quantitative estimate of drug-likeness (QED) is 0.856. The first-order valence-electron chi connectivity index (χ1n) is 5.36. The molecule has 0 amide bonds. The van der Waals surface area contributed by atoms with Crippen molar-refractivity contribution in [3.05, 3.63) is 42.2 Å². The van der Waals surface area contributed by atoms with Crippen molar-refractivity contribution in [1.82, 2.24) is 0 Å². The van der Waals surface area contributed by atoms with Gasteiger partial charge in [-0.05, 0) is 31.2 Å². The van der Waals surface area contributed by atoms with E-state index in [1.165, 1.54) is 0 Å². The topological polar surface area (TPSA) is 48.4 Å². The lowest BCUT2D eigenvalue weighted by molar-refractivity contribution is 0.340. The average molecular weight is 217 g/mol. The minimum Gasteiger partial charge on any atom is -0.493 e. The smallest absolute Gasteiger partial charge is 0.138 e. The second-order valence-electron chi connectivity index (χ2n) is 3.40. The summed E-state index contributed by atoms with van der Waals surface area (Å²) in [6, 6.07) is 11.6. The number of rotatable bonds is 4. The van der Waals surface area contributed by atoms with E-state index in [9.17, 15) is 0 Å². The van der Waals surface area contributed by atoms with E-state index in [1.54, 1.807) is 0 Å². The van der Waals surface area contributed by atoms with E-state index in [1.807, 2.05) is 43.3 Å². The summed E-state index contributed by atoms with van der Waals surface area (Å²) in [5, 5.41) is 0. The predicted octanol–water partition coefficient (Wildman–Crippen LogP) is 2.80. The van der Waals surface area contributed by atoms with Crippen molar-refractivity contribution in [2.24, 2.45) is 5.73 Å². The third-order valence-electron chi connectivity index (χ3n) is 2.32. The molecule has 84 valence electrons. The van der Waals surface area contributed by atoms with Crippen LogP contribution in [0.1, 0.15) is 12.7 Å². The fraction of sp³-hybridized carbons (Fsp3) is 0.231. The molecule has 0 unspecified atom stereocenters. The van der Waals surface area contributed by atoms with E-state index in [2.05, 4.69) is 0 Å². The molecular weight excluding hydrogens is 202 g/mol. The highest BCUT2D eigenvalue weighted by Gasteiger charge is 2.09. The molecule has 1 aromatic carbocycles. The molecule has 0 aliphatic heterocycles. The van der Waals surface area contributed by atoms with Crippen molar-refractivity contribution < 1.29 is 9.15 Å². The number of ether oxygens (including phenoxy) is 1. The summed E-state index contributed by atoms with van der Waals surface area (Å²) in [6.45, 7) is 3.02. The monoisotopic (exact) mass is 217 g/mol. The average Bonchev–Trinajstić information content (AvgIpc) is 2.79. The zero-order chi connectivity index (χ0) is 11.4. The standard InChI is InChI=1S/C13H15NO2/c1-2-15-12-6-4-3-5-11(12)13-8-7-10(9-14)16-13/h3-8H,2,9,14H2,1H3. The van der Waals surface area contributed by atoms with Gasteiger partial charge in [0.15, 0.2) is 0 Å². The van der Waals surface area contributed by atoms with Crippen molar-refractivity contribution in [3.8, 4) is 17.1 Å². The van der Waals surface area contributed by atoms with Gasteiger partial charge in [0.1, 0.15) is 17.3 Å². The lowest BCUT2D eigenvalue weighted by Gasteiger charge is -2.07. The molecule has 1 heterocycles. The van der Waals surface area contributed by atoms with Gasteiger partial charge in [0.05, 0.1) is 18.7 Å². The molecule has 0 saturated heterocycles. The summed E-state index contributed by atoms with van der Waals surface area (Å²) in [7, 11) is 0. The second-order valence-corrected chi connectivity index (χ2v) is 3.40. The molecule has 16 heavy (non-hydrogen) atoms. The van der Waals surface area contributed by atoms with Crippen molar-refractivity contribution in [3.63, 3.8) is 0 Å². The minimum absolute atomic E-state index is 0.413. The third kappa shape index (κ3) is 2.09. The van der Waals surface area contributed by atoms with Gasteiger partial charge in [-0.15, -0.1) is 0 Å². The van der Waals surface area contributed by atoms with Crippen LogP contribution in [-0.4, -0.2) is 6.61 Å². The molecule has 0 spiro atoms. The molecule has 0 aliphatic carbocycles. The number of nitrogens with two attached hydrogens (primary N) is 1. The van der Waals surface area contributed by atoms with Gasteiger partial charge in [-0.25, -0.2) is 0 Å². The zero-order valence-electron chi connectivity index (χ0n) is 9.27. The van der Waals surface area contributed by atoms with Crippen LogP contribution in [0, 0.1) is 0 Å². The summed E-state index contributed by atoms with van der Waals surface area (Å²) in [5.74, 6) is 2.41. The van der Waals surface area contributed by atoms with Crippen molar-refractivity contribution in [1.29, 1.82) is 0 Å². The number of hydrogen-bond donors (Lipinski definition) is 1. The molecule has 0 bridgehead atoms. The summed E-state index contributed by atoms with van der Waals surface area (Å²) >= 11 is 0. The highest BCUT2D eigenvalue weighted by atomic mass is 16.5. The molecule has 0 atom stereocenters. The molecule has 0 radical (unpaired) electrons. The normalized spacial score (nSPS) is 10.4. The Balaban J connectivity index is 2.38. The fourth-order valence-electron chi connectivity index (χ4n) is 1.58. The Morgan fingerprint density at radius 2 is 2.00 bits per heavy atom. The number of hydrogen-bond acceptors (Lipinski definition) is 3. The molecule has 3 heteroatoms. The SMILES string of the molecule is CCOc1ccccc1-c1ccc(CN)o1. The first-order chi connectivity index (χ1) is 7.85. The lowest BCUT2D eigenvalue weighted by atomic mass is 10.1. The Labute approximate surface area is 94.8 Å². The molecule has 1 aromatic heterocycles. The summed E-state index contributed by atoms with van der Waals surface area (Å²) in [6.07, 6.45) is 0. The highest BCUT2D eigenvalue weighted by molar-refractivity contribution is 5.65. The van der Waals surface area contributed by atoms with Crippen LogP contribution >= 0.6 is 0 Å². The molecule has 2 aromatic rings. The van der Waals surface area contributed by atoms with Crippen LogP contribution in [0.15, 0.2) is 40.8 Å². The predicted molar refractivity (Wildman–Crippen MR) is 63.2 cm³/mol. The Bertz CT molecular complexity index is 462. The van der Waals surface area contributed by atoms with Crippen LogP contribution in [0.2, 0.25) is 0 Å². The molecule has 2 rings (SSSR count). The van der Waals surface area contributed by atoms with Crippen LogP contribution in [0.25, 0.3) is 11.3 Å². The summed E-state index contributed by atoms with van der Waals surface area (Å²) in [4.78, 5) is 0. The Morgan fingerprint density at radius 1 is 1.19 bits per heavy atom. The maximum Gasteiger partial charge on any atom is 0.138 e. The Kier molecular flexibility index (Phi) is 3.27. The van der Waals surface area contributed by atoms with Crippen LogP contribution in [0.4, 0.5) is 0 Å². The molecule has 0 saturated carbocycles. The Morgan fingerprint density at radius 3 is 2.69 bits per heavy atom. The van der Waals surface area contributed by atoms with E-state index in [0.717, 1.165) is 22.8 Å². The van der Waals surface area contributed by atoms with Gasteiger partial charge in [-0.3, -0.25) is 0 Å².